The molecule has 5 nitrogen and oxygen atoms in total. The average Bonchev–Trinajstić information content (AvgIpc) is 2.44. The molecule has 0 aromatic heterocycles. The molecule has 2 aromatic rings. The SMILES string of the molecule is O=S(=O)(Nc1ccc(C(F)(F)F)c(O)c1)c1ccc(OC(F)(F)F)cc1. The van der Waals surface area contributed by atoms with E-state index in [9.17, 15) is 39.9 Å². The molecule has 2 aromatic carbocycles. The first kappa shape index (κ1) is 19.7. The third-order valence-corrected chi connectivity index (χ3v) is 4.32. The Morgan fingerprint density at radius 1 is 0.923 bits per heavy atom. The zero-order valence-electron chi connectivity index (χ0n) is 12.4. The first-order valence-corrected chi connectivity index (χ1v) is 8.05. The van der Waals surface area contributed by atoms with E-state index in [4.69, 9.17) is 0 Å². The maximum absolute atomic E-state index is 12.5. The van der Waals surface area contributed by atoms with Crippen LogP contribution >= 0.6 is 0 Å². The molecule has 0 amide bonds. The van der Waals surface area contributed by atoms with Crippen LogP contribution in [0.1, 0.15) is 5.56 Å². The van der Waals surface area contributed by atoms with Gasteiger partial charge in [-0.1, -0.05) is 0 Å². The minimum absolute atomic E-state index is 0.369. The molecule has 0 atom stereocenters. The second-order valence-corrected chi connectivity index (χ2v) is 6.54. The largest absolute Gasteiger partial charge is 0.573 e. The summed E-state index contributed by atoms with van der Waals surface area (Å²) in [7, 11) is -4.32. The van der Waals surface area contributed by atoms with E-state index in [1.165, 1.54) is 0 Å². The number of phenolic OH excluding ortho intramolecular Hbond substituents is 1. The lowest BCUT2D eigenvalue weighted by Crippen LogP contribution is -2.17. The molecule has 0 unspecified atom stereocenters. The molecule has 0 saturated heterocycles. The summed E-state index contributed by atoms with van der Waals surface area (Å²) in [6.45, 7) is 0. The summed E-state index contributed by atoms with van der Waals surface area (Å²) in [6, 6.07) is 4.95. The van der Waals surface area contributed by atoms with Gasteiger partial charge in [-0.15, -0.1) is 13.2 Å². The van der Waals surface area contributed by atoms with Crippen LogP contribution in [-0.2, 0) is 16.2 Å². The van der Waals surface area contributed by atoms with Gasteiger partial charge in [0, 0.05) is 6.07 Å². The second-order valence-electron chi connectivity index (χ2n) is 4.85. The lowest BCUT2D eigenvalue weighted by Gasteiger charge is -2.13. The van der Waals surface area contributed by atoms with Crippen molar-refractivity contribution in [1.29, 1.82) is 0 Å². The van der Waals surface area contributed by atoms with Crippen LogP contribution in [-0.4, -0.2) is 19.9 Å². The zero-order valence-corrected chi connectivity index (χ0v) is 13.2. The van der Waals surface area contributed by atoms with Crippen LogP contribution in [0.5, 0.6) is 11.5 Å². The van der Waals surface area contributed by atoms with E-state index < -0.39 is 44.5 Å². The highest BCUT2D eigenvalue weighted by Crippen LogP contribution is 2.37. The Hall–Kier alpha value is -2.63. The van der Waals surface area contributed by atoms with E-state index in [0.29, 0.717) is 12.1 Å². The minimum Gasteiger partial charge on any atom is -0.507 e. The van der Waals surface area contributed by atoms with Gasteiger partial charge in [-0.05, 0) is 36.4 Å². The fraction of sp³-hybridized carbons (Fsp3) is 0.143. The third-order valence-electron chi connectivity index (χ3n) is 2.92. The van der Waals surface area contributed by atoms with Crippen molar-refractivity contribution >= 4 is 15.7 Å². The summed E-state index contributed by atoms with van der Waals surface area (Å²) in [4.78, 5) is -0.466. The Kier molecular flexibility index (Phi) is 4.99. The second kappa shape index (κ2) is 6.59. The maximum Gasteiger partial charge on any atom is 0.573 e. The maximum atomic E-state index is 12.5. The molecule has 12 heteroatoms. The summed E-state index contributed by atoms with van der Waals surface area (Å²) in [5, 5.41) is 9.36. The highest BCUT2D eigenvalue weighted by atomic mass is 32.2. The van der Waals surface area contributed by atoms with Crippen molar-refractivity contribution in [2.45, 2.75) is 17.4 Å². The number of rotatable bonds is 4. The van der Waals surface area contributed by atoms with Crippen LogP contribution in [0.2, 0.25) is 0 Å². The predicted molar refractivity (Wildman–Crippen MR) is 77.0 cm³/mol. The van der Waals surface area contributed by atoms with Crippen LogP contribution in [0.15, 0.2) is 47.4 Å². The number of halogens is 6. The number of phenols is 1. The van der Waals surface area contributed by atoms with Gasteiger partial charge in [-0.25, -0.2) is 8.42 Å². The van der Waals surface area contributed by atoms with Crippen molar-refractivity contribution in [3.63, 3.8) is 0 Å². The molecule has 26 heavy (non-hydrogen) atoms. The van der Waals surface area contributed by atoms with E-state index >= 15 is 0 Å². The number of alkyl halides is 6. The van der Waals surface area contributed by atoms with Gasteiger partial charge in [0.1, 0.15) is 11.5 Å². The monoisotopic (exact) mass is 401 g/mol. The van der Waals surface area contributed by atoms with Gasteiger partial charge in [0.2, 0.25) is 0 Å². The number of hydrogen-bond acceptors (Lipinski definition) is 4. The molecule has 0 bridgehead atoms. The average molecular weight is 401 g/mol. The van der Waals surface area contributed by atoms with Gasteiger partial charge in [0.15, 0.2) is 0 Å². The summed E-state index contributed by atoms with van der Waals surface area (Å²) in [5.74, 6) is -1.84. The Balaban J connectivity index is 2.22. The number of anilines is 1. The van der Waals surface area contributed by atoms with E-state index in [0.717, 1.165) is 30.3 Å². The molecule has 0 aliphatic heterocycles. The summed E-state index contributed by atoms with van der Waals surface area (Å²) in [5.41, 5.74) is -1.72. The van der Waals surface area contributed by atoms with Crippen molar-refractivity contribution in [1.82, 2.24) is 0 Å². The number of ether oxygens (including phenoxy) is 1. The van der Waals surface area contributed by atoms with Crippen LogP contribution in [0, 0.1) is 0 Å². The molecule has 0 fully saturated rings. The Morgan fingerprint density at radius 3 is 1.96 bits per heavy atom. The standard InChI is InChI=1S/C14H9F6NO4S/c15-13(16,17)11-6-1-8(7-12(11)22)21-26(23,24)10-4-2-9(3-5-10)25-14(18,19)20/h1-7,21-22H. The molecule has 0 aliphatic carbocycles. The van der Waals surface area contributed by atoms with E-state index in [-0.39, 0.29) is 5.69 Å². The Bertz CT molecular complexity index is 891. The van der Waals surface area contributed by atoms with Gasteiger partial charge < -0.3 is 9.84 Å². The first-order chi connectivity index (χ1) is 11.8. The van der Waals surface area contributed by atoms with Crippen LogP contribution in [0.3, 0.4) is 0 Å². The zero-order chi connectivity index (χ0) is 19.8. The van der Waals surface area contributed by atoms with E-state index in [1.54, 1.807) is 0 Å². The van der Waals surface area contributed by atoms with Gasteiger partial charge in [0.05, 0.1) is 16.1 Å². The van der Waals surface area contributed by atoms with E-state index in [1.807, 2.05) is 4.72 Å². The normalized spacial score (nSPS) is 12.7. The molecule has 2 N–H and O–H groups in total. The number of benzene rings is 2. The smallest absolute Gasteiger partial charge is 0.507 e. The number of sulfonamides is 1. The lowest BCUT2D eigenvalue weighted by molar-refractivity contribution is -0.274. The van der Waals surface area contributed by atoms with E-state index in [2.05, 4.69) is 4.74 Å². The van der Waals surface area contributed by atoms with Gasteiger partial charge >= 0.3 is 12.5 Å². The van der Waals surface area contributed by atoms with Crippen molar-refractivity contribution in [2.75, 3.05) is 4.72 Å². The molecule has 0 radical (unpaired) electrons. The van der Waals surface area contributed by atoms with Crippen LogP contribution < -0.4 is 9.46 Å². The van der Waals surface area contributed by atoms with Crippen molar-refractivity contribution < 1.29 is 44.6 Å². The quantitative estimate of drug-likeness (QED) is 0.757. The Morgan fingerprint density at radius 2 is 1.50 bits per heavy atom. The molecule has 0 spiro atoms. The molecular weight excluding hydrogens is 392 g/mol. The topological polar surface area (TPSA) is 75.6 Å². The van der Waals surface area contributed by atoms with Gasteiger partial charge in [0.25, 0.3) is 10.0 Å². The van der Waals surface area contributed by atoms with Gasteiger partial charge in [-0.3, -0.25) is 4.72 Å². The molecule has 0 saturated carbocycles. The fourth-order valence-electron chi connectivity index (χ4n) is 1.87. The first-order valence-electron chi connectivity index (χ1n) is 6.57. The molecule has 2 rings (SSSR count). The molecule has 0 aliphatic rings. The molecule has 0 heterocycles. The van der Waals surface area contributed by atoms with Crippen LogP contribution in [0.4, 0.5) is 32.0 Å². The molecule has 142 valence electrons. The number of hydrogen-bond donors (Lipinski definition) is 2. The van der Waals surface area contributed by atoms with Crippen molar-refractivity contribution in [3.8, 4) is 11.5 Å². The molecular formula is C14H9F6NO4S. The number of nitrogens with one attached hydrogen (secondary N) is 1. The summed E-state index contributed by atoms with van der Waals surface area (Å²) in [6.07, 6.45) is -9.77. The van der Waals surface area contributed by atoms with Crippen molar-refractivity contribution in [3.05, 3.63) is 48.0 Å². The minimum atomic E-state index is -4.95. The summed E-state index contributed by atoms with van der Waals surface area (Å²) < 4.78 is 104. The van der Waals surface area contributed by atoms with Gasteiger partial charge in [-0.2, -0.15) is 13.2 Å². The summed E-state index contributed by atoms with van der Waals surface area (Å²) >= 11 is 0. The highest BCUT2D eigenvalue weighted by molar-refractivity contribution is 7.92. The Labute approximate surface area is 142 Å². The van der Waals surface area contributed by atoms with Crippen LogP contribution in [0.25, 0.3) is 0 Å². The predicted octanol–water partition coefficient (Wildman–Crippen LogP) is 4.11. The van der Waals surface area contributed by atoms with Crippen molar-refractivity contribution in [2.24, 2.45) is 0 Å². The fourth-order valence-corrected chi connectivity index (χ4v) is 2.92. The third kappa shape index (κ3) is 4.94. The number of aromatic hydroxyl groups is 1. The highest BCUT2D eigenvalue weighted by Gasteiger charge is 2.34. The lowest BCUT2D eigenvalue weighted by atomic mass is 10.2.